The maximum Gasteiger partial charge on any atom is 0.410 e. The van der Waals surface area contributed by atoms with Crippen LogP contribution in [0.25, 0.3) is 0 Å². The van der Waals surface area contributed by atoms with Crippen LogP contribution in [-0.2, 0) is 89.7 Å². The lowest BCUT2D eigenvalue weighted by atomic mass is 10.1. The number of aryl methyl sites for hydroxylation is 2. The quantitative estimate of drug-likeness (QED) is 0.0149. The molecule has 734 valence electrons. The van der Waals surface area contributed by atoms with Crippen molar-refractivity contribution in [2.75, 3.05) is 148 Å². The first kappa shape index (κ1) is 122. The van der Waals surface area contributed by atoms with Crippen LogP contribution in [0.3, 0.4) is 0 Å². The van der Waals surface area contributed by atoms with E-state index in [1.54, 1.807) is 86.4 Å². The third-order valence-corrected chi connectivity index (χ3v) is 18.3. The number of carbonyl (C=O) groups is 7. The Hall–Kier alpha value is -10.4. The van der Waals surface area contributed by atoms with Gasteiger partial charge in [0.1, 0.15) is 73.8 Å². The van der Waals surface area contributed by atoms with Gasteiger partial charge < -0.3 is 119 Å². The lowest BCUT2D eigenvalue weighted by molar-refractivity contribution is -0.790. The Morgan fingerprint density at radius 3 is 1.44 bits per heavy atom. The van der Waals surface area contributed by atoms with Crippen molar-refractivity contribution in [3.8, 4) is 11.5 Å². The van der Waals surface area contributed by atoms with Crippen LogP contribution in [0.15, 0.2) is 48.5 Å². The number of benzene rings is 2. The highest BCUT2D eigenvalue weighted by atomic mass is 32.2. The largest absolute Gasteiger partial charge is 0.463 e. The standard InChI is InChI=1S/C14H25N3O6.2C14H20N2O5S.C12H25N5O7.C10H22N4O5.C9H19N3O5S/c1-14(2,3)23-13(19)16-9-6-7-11(16)12(18)15-8-4-5-10-22-17(20)21;1-22-9-7-13(15)14(17)21-12-6-2-4-11(10-12)5-3-8-20-16(18)19;1-22-10-8-13(15)14(17)21-12-6-4-11(5-7-12)3-2-9-20-16(18)19;13-7-3-1-6-11(14)12(18)15-8-4-2-5-10(24-17(21)22)9-23-16(19)20;11-4-2-1-3-9(12)10(15)18-7-5-13-6-8-19-14(16)17;1-18-7-2-8(10)9(13)11-3-4-16-5-6-17-12(14)15/h11H,4-10H2,1-3H3,(H,15,18);2,4,6,10,13H,3,5,7-9,15H2,1H3;4-7,13H,2-3,8-10,15H2,1H3;10-11H,1-9,13-14H2,(H,15,18);9,13H,1-8,11-12H2;8H,2-7,10H2,1H3,(H,11,13). The van der Waals surface area contributed by atoms with E-state index in [9.17, 15) is 104 Å². The van der Waals surface area contributed by atoms with Gasteiger partial charge >= 0.3 is 24.0 Å². The Kier molecular flexibility index (Phi) is 75.0. The number of nitrogens with one attached hydrogen (secondary N) is 4. The van der Waals surface area contributed by atoms with E-state index in [-0.39, 0.29) is 77.0 Å². The minimum atomic E-state index is -1.04. The van der Waals surface area contributed by atoms with E-state index in [1.807, 2.05) is 37.0 Å². The molecule has 4 amide bonds. The van der Waals surface area contributed by atoms with Crippen molar-refractivity contribution >= 4 is 77.0 Å². The molecule has 55 heteroatoms. The minimum absolute atomic E-state index is 0.0103. The molecule has 0 spiro atoms. The van der Waals surface area contributed by atoms with Crippen molar-refractivity contribution < 1.29 is 127 Å². The summed E-state index contributed by atoms with van der Waals surface area (Å²) in [5, 5.41) is 74.6. The van der Waals surface area contributed by atoms with Crippen LogP contribution in [0.4, 0.5) is 4.79 Å². The first-order valence-electron chi connectivity index (χ1n) is 40.8. The van der Waals surface area contributed by atoms with Crippen molar-refractivity contribution in [2.45, 2.75) is 197 Å². The number of carbonyl (C=O) groups excluding carboxylic acids is 7. The summed E-state index contributed by atoms with van der Waals surface area (Å²) in [7, 11) is 0. The van der Waals surface area contributed by atoms with Gasteiger partial charge in [0, 0.05) is 39.3 Å². The van der Waals surface area contributed by atoms with E-state index in [0.717, 1.165) is 60.5 Å². The number of thioether (sulfide) groups is 3. The van der Waals surface area contributed by atoms with Crippen LogP contribution in [-0.4, -0.2) is 278 Å². The monoisotopic (exact) mass is 1900 g/mol. The number of ether oxygens (including phenoxy) is 5. The number of hydrogen-bond donors (Lipinski definition) is 11. The molecule has 1 aliphatic rings. The topological polar surface area (TPSA) is 766 Å². The minimum Gasteiger partial charge on any atom is -0.463 e. The molecule has 2 aromatic rings. The molecule has 0 radical (unpaired) electrons. The second kappa shape index (κ2) is 78.8. The Labute approximate surface area is 753 Å². The summed E-state index contributed by atoms with van der Waals surface area (Å²) < 4.78 is 25.7. The normalized spacial score (nSPS) is 13.1. The number of unbranched alkanes of at least 4 members (excludes halogenated alkanes) is 4. The molecule has 18 N–H and O–H groups in total. The van der Waals surface area contributed by atoms with Crippen molar-refractivity contribution in [3.63, 3.8) is 0 Å². The van der Waals surface area contributed by atoms with Gasteiger partial charge in [-0.15, -0.1) is 70.8 Å². The van der Waals surface area contributed by atoms with Crippen molar-refractivity contribution in [3.05, 3.63) is 130 Å². The molecular formula is C73H131N19O33S3. The maximum atomic E-state index is 12.2. The lowest BCUT2D eigenvalue weighted by Crippen LogP contribution is -2.47. The molecule has 0 aliphatic carbocycles. The van der Waals surface area contributed by atoms with Gasteiger partial charge in [-0.05, 0) is 221 Å². The van der Waals surface area contributed by atoms with Crippen LogP contribution in [0.5, 0.6) is 11.5 Å². The van der Waals surface area contributed by atoms with Crippen molar-refractivity contribution in [1.82, 2.24) is 26.2 Å². The number of hydrogen-bond acceptors (Lipinski definition) is 44. The highest BCUT2D eigenvalue weighted by Crippen LogP contribution is 2.22. The number of nitrogens with two attached hydrogens (primary N) is 7. The molecule has 0 aromatic heterocycles. The van der Waals surface area contributed by atoms with E-state index < -0.39 is 114 Å². The second-order valence-electron chi connectivity index (χ2n) is 28.0. The van der Waals surface area contributed by atoms with E-state index in [0.29, 0.717) is 154 Å². The van der Waals surface area contributed by atoms with Gasteiger partial charge in [-0.2, -0.15) is 35.3 Å². The Balaban J connectivity index is -0.00000147. The fourth-order valence-corrected chi connectivity index (χ4v) is 11.4. The van der Waals surface area contributed by atoms with Crippen molar-refractivity contribution in [2.24, 2.45) is 40.1 Å². The van der Waals surface area contributed by atoms with Crippen LogP contribution >= 0.6 is 35.3 Å². The first-order chi connectivity index (χ1) is 60.8. The lowest BCUT2D eigenvalue weighted by Gasteiger charge is -2.28. The van der Waals surface area contributed by atoms with Gasteiger partial charge in [-0.1, -0.05) is 37.1 Å². The second-order valence-corrected chi connectivity index (χ2v) is 30.9. The zero-order valence-corrected chi connectivity index (χ0v) is 75.7. The highest BCUT2D eigenvalue weighted by molar-refractivity contribution is 7.99. The Morgan fingerprint density at radius 2 is 0.914 bits per heavy atom. The number of rotatable bonds is 65. The molecule has 1 fully saturated rings. The molecule has 128 heavy (non-hydrogen) atoms. The van der Waals surface area contributed by atoms with Gasteiger partial charge in [-0.25, -0.2) is 14.4 Å². The SMILES string of the molecule is CC(C)(C)OC(=O)N1CCCC1C(=O)NCCCCO[N+](=O)[O-].CSCCC(N)C(=O)NCCOCCO[N+](=O)[O-].CSCCC(N)C(=O)Oc1ccc(CCCO[N+](=O)[O-])cc1.CSCCC(N)C(=O)Oc1cccc(CCCO[N+](=O)[O-])c1.NCCCCC(N)C(=O)NCCCCC(CO[N+](=O)[O-])O[N+](=O)[O-].NCCCCC(N)C(=O)OCCNCCO[N+](=O)[O-]. The van der Waals surface area contributed by atoms with Crippen molar-refractivity contribution in [1.29, 1.82) is 0 Å². The van der Waals surface area contributed by atoms with Crippen LogP contribution in [0.1, 0.15) is 147 Å². The number of amides is 4. The summed E-state index contributed by atoms with van der Waals surface area (Å²) in [4.78, 5) is 183. The summed E-state index contributed by atoms with van der Waals surface area (Å²) in [6.07, 6.45) is 16.3. The number of likely N-dealkylation sites (tertiary alicyclic amines) is 1. The number of esters is 3. The molecule has 0 saturated carbocycles. The Morgan fingerprint density at radius 1 is 0.461 bits per heavy atom. The van der Waals surface area contributed by atoms with Gasteiger partial charge in [0.15, 0.2) is 0 Å². The zero-order chi connectivity index (χ0) is 96.9. The molecule has 7 atom stereocenters. The molecule has 7 unspecified atom stereocenters. The van der Waals surface area contributed by atoms with Crippen LogP contribution in [0.2, 0.25) is 0 Å². The zero-order valence-electron chi connectivity index (χ0n) is 73.3. The summed E-state index contributed by atoms with van der Waals surface area (Å²) in [6, 6.07) is 10.5. The molecule has 1 heterocycles. The fourth-order valence-electron chi connectivity index (χ4n) is 9.91. The average Bonchev–Trinajstić information content (AvgIpc) is 1.69. The van der Waals surface area contributed by atoms with Gasteiger partial charge in [0.2, 0.25) is 17.7 Å². The smallest absolute Gasteiger partial charge is 0.410 e. The van der Waals surface area contributed by atoms with Gasteiger partial charge in [-0.3, -0.25) is 24.1 Å². The van der Waals surface area contributed by atoms with E-state index in [1.165, 1.54) is 4.90 Å². The summed E-state index contributed by atoms with van der Waals surface area (Å²) in [5.41, 5.74) is 40.4. The Bertz CT molecular complexity index is 3440. The average molecular weight is 1900 g/mol. The molecular weight excluding hydrogens is 1770 g/mol. The molecule has 3 rings (SSSR count). The van der Waals surface area contributed by atoms with Crippen LogP contribution in [0, 0.1) is 70.8 Å². The molecule has 52 nitrogen and oxygen atoms in total. The number of nitrogens with zero attached hydrogens (tertiary/aromatic N) is 8. The van der Waals surface area contributed by atoms with E-state index in [2.05, 4.69) is 55.1 Å². The summed E-state index contributed by atoms with van der Waals surface area (Å²) >= 11 is 4.88. The predicted molar refractivity (Wildman–Crippen MR) is 468 cm³/mol. The maximum absolute atomic E-state index is 12.2. The fraction of sp³-hybridized carbons (Fsp3) is 0.740. The van der Waals surface area contributed by atoms with E-state index >= 15 is 0 Å². The summed E-state index contributed by atoms with van der Waals surface area (Å²) in [5.74, 6) is 1.27. The summed E-state index contributed by atoms with van der Waals surface area (Å²) in [6.45, 7) is 8.72. The molecule has 0 bridgehead atoms. The molecule has 1 saturated heterocycles. The van der Waals surface area contributed by atoms with E-state index in [4.69, 9.17) is 63.8 Å². The molecule has 1 aliphatic heterocycles. The molecule has 2 aromatic carbocycles. The third-order valence-electron chi connectivity index (χ3n) is 16.4. The first-order valence-corrected chi connectivity index (χ1v) is 44.9. The highest BCUT2D eigenvalue weighted by Gasteiger charge is 2.36. The third kappa shape index (κ3) is 74.7. The van der Waals surface area contributed by atoms with Gasteiger partial charge in [0.05, 0.1) is 45.1 Å². The van der Waals surface area contributed by atoms with Crippen LogP contribution < -0.4 is 70.9 Å². The van der Waals surface area contributed by atoms with Gasteiger partial charge in [0.25, 0.3) is 35.6 Å². The predicted octanol–water partition coefficient (Wildman–Crippen LogP) is 2.82.